The Labute approximate surface area is 631 Å². The molecular formula is C78H81F9N18O6. The number of fused-ring (bicyclic) bond motifs is 3. The van der Waals surface area contributed by atoms with Crippen LogP contribution in [-0.2, 0) is 14.2 Å². The summed E-state index contributed by atoms with van der Waals surface area (Å²) in [4.78, 5) is 50.2. The Morgan fingerprint density at radius 1 is 0.351 bits per heavy atom. The molecule has 3 saturated heterocycles. The van der Waals surface area contributed by atoms with Gasteiger partial charge in [-0.1, -0.05) is 18.2 Å². The number of nitrogens with one attached hydrogen (secondary N) is 3. The van der Waals surface area contributed by atoms with Crippen molar-refractivity contribution in [3.8, 4) is 33.8 Å². The van der Waals surface area contributed by atoms with Gasteiger partial charge in [-0.05, 0) is 117 Å². The second-order valence-corrected chi connectivity index (χ2v) is 28.5. The first kappa shape index (κ1) is 78.4. The van der Waals surface area contributed by atoms with E-state index in [2.05, 4.69) is 75.8 Å². The zero-order chi connectivity index (χ0) is 79.0. The predicted molar refractivity (Wildman–Crippen MR) is 397 cm³/mol. The molecule has 3 aromatic carbocycles. The van der Waals surface area contributed by atoms with Gasteiger partial charge in [0.1, 0.15) is 104 Å². The minimum Gasteiger partial charge on any atom is -0.385 e. The third-order valence-electron chi connectivity index (χ3n) is 19.8. The first-order valence-electron chi connectivity index (χ1n) is 36.1. The second-order valence-electron chi connectivity index (χ2n) is 28.5. The number of ether oxygens (including phenoxy) is 3. The van der Waals surface area contributed by atoms with E-state index in [1.165, 1.54) is 36.8 Å². The highest BCUT2D eigenvalue weighted by Gasteiger charge is 2.43. The number of pyridine rings is 3. The lowest BCUT2D eigenvalue weighted by atomic mass is 9.87. The molecule has 15 rings (SSSR count). The Bertz CT molecular complexity index is 4820. The third kappa shape index (κ3) is 16.6. The van der Waals surface area contributed by atoms with Crippen LogP contribution < -0.4 is 16.0 Å². The van der Waals surface area contributed by atoms with Crippen LogP contribution >= 0.6 is 0 Å². The highest BCUT2D eigenvalue weighted by atomic mass is 19.2. The van der Waals surface area contributed by atoms with E-state index in [9.17, 15) is 41.7 Å². The van der Waals surface area contributed by atoms with E-state index >= 15 is 13.2 Å². The number of aliphatic hydroxyl groups excluding tert-OH is 3. The molecule has 0 amide bonds. The highest BCUT2D eigenvalue weighted by Crippen LogP contribution is 2.42. The number of nitrogens with zero attached hydrogens (tertiary/aromatic N) is 15. The summed E-state index contributed by atoms with van der Waals surface area (Å²) >= 11 is 0. The van der Waals surface area contributed by atoms with Crippen LogP contribution in [0.15, 0.2) is 110 Å². The molecule has 0 spiro atoms. The van der Waals surface area contributed by atoms with Crippen molar-refractivity contribution in [2.45, 2.75) is 154 Å². The lowest BCUT2D eigenvalue weighted by molar-refractivity contribution is -0.0833. The van der Waals surface area contributed by atoms with Gasteiger partial charge in [0.25, 0.3) is 0 Å². The van der Waals surface area contributed by atoms with Crippen molar-refractivity contribution in [3.63, 3.8) is 0 Å². The fourth-order valence-corrected chi connectivity index (χ4v) is 14.2. The number of hydrogen-bond acceptors (Lipinski definition) is 21. The molecule has 111 heavy (non-hydrogen) atoms. The van der Waals surface area contributed by atoms with Crippen LogP contribution in [0.3, 0.4) is 0 Å². The summed E-state index contributed by atoms with van der Waals surface area (Å²) in [5, 5.41) is 40.2. The van der Waals surface area contributed by atoms with Gasteiger partial charge < -0.3 is 59.2 Å². The van der Waals surface area contributed by atoms with E-state index < -0.39 is 70.2 Å². The van der Waals surface area contributed by atoms with Crippen LogP contribution in [0.5, 0.6) is 0 Å². The molecule has 24 nitrogen and oxygen atoms in total. The van der Waals surface area contributed by atoms with Crippen LogP contribution in [0.1, 0.15) is 151 Å². The van der Waals surface area contributed by atoms with Crippen molar-refractivity contribution in [1.82, 2.24) is 73.5 Å². The van der Waals surface area contributed by atoms with E-state index in [0.717, 1.165) is 18.6 Å². The number of aromatic nitrogens is 15. The Hall–Kier alpha value is -10.7. The lowest BCUT2D eigenvalue weighted by Gasteiger charge is -2.33. The standard InChI is InChI=1S/3C26H27F3N6O2/c3*1-14(2)35-15(3)32-23-18(27)10-17(11-20(23)35)22-19(28)13-31-25(34-22)33-21-5-4-16(12-30-21)24(36)26(29)6-8-37-9-7-26/h3*4-5,10-14,24,36H,6-9H2,1-3H3,(H,30,31,33,34)/t2*24-;/m10./s1. The minimum atomic E-state index is -1.77. The summed E-state index contributed by atoms with van der Waals surface area (Å²) in [5.41, 5.74) is -1.60. The largest absolute Gasteiger partial charge is 0.385 e. The molecule has 3 aliphatic rings. The smallest absolute Gasteiger partial charge is 0.229 e. The molecule has 0 aliphatic carbocycles. The summed E-state index contributed by atoms with van der Waals surface area (Å²) < 4.78 is 155. The van der Waals surface area contributed by atoms with E-state index in [-0.39, 0.29) is 164 Å². The van der Waals surface area contributed by atoms with Crippen molar-refractivity contribution >= 4 is 68.4 Å². The molecular weight excluding hydrogens is 1460 g/mol. The molecule has 582 valence electrons. The number of rotatable bonds is 18. The molecule has 12 heterocycles. The topological polar surface area (TPSA) is 294 Å². The fraction of sp³-hybridized carbons (Fsp3) is 0.385. The molecule has 0 radical (unpaired) electrons. The average Bonchev–Trinajstić information content (AvgIpc) is 1.65. The quantitative estimate of drug-likeness (QED) is 0.0435. The number of halogens is 9. The molecule has 6 N–H and O–H groups in total. The van der Waals surface area contributed by atoms with E-state index in [1.807, 2.05) is 55.2 Å². The molecule has 3 fully saturated rings. The third-order valence-corrected chi connectivity index (χ3v) is 19.8. The second kappa shape index (κ2) is 32.3. The minimum absolute atomic E-state index is 0.0263. The zero-order valence-electron chi connectivity index (χ0n) is 62.0. The van der Waals surface area contributed by atoms with Gasteiger partial charge in [0, 0.05) is 148 Å². The van der Waals surface area contributed by atoms with E-state index in [0.29, 0.717) is 68.2 Å². The van der Waals surface area contributed by atoms with Crippen LogP contribution in [0.4, 0.5) is 74.8 Å². The Morgan fingerprint density at radius 3 is 0.829 bits per heavy atom. The van der Waals surface area contributed by atoms with E-state index in [4.69, 9.17) is 14.2 Å². The molecule has 3 atom stereocenters. The summed E-state index contributed by atoms with van der Waals surface area (Å²) in [7, 11) is 0. The van der Waals surface area contributed by atoms with Gasteiger partial charge in [-0.2, -0.15) is 0 Å². The molecule has 33 heteroatoms. The van der Waals surface area contributed by atoms with Crippen molar-refractivity contribution in [2.75, 3.05) is 55.6 Å². The van der Waals surface area contributed by atoms with Crippen molar-refractivity contribution in [1.29, 1.82) is 0 Å². The maximum absolute atomic E-state index is 15.1. The first-order valence-corrected chi connectivity index (χ1v) is 36.1. The summed E-state index contributed by atoms with van der Waals surface area (Å²) in [6, 6.07) is 18.0. The van der Waals surface area contributed by atoms with Crippen LogP contribution in [0.25, 0.3) is 66.9 Å². The van der Waals surface area contributed by atoms with Gasteiger partial charge in [0.15, 0.2) is 34.9 Å². The molecule has 0 saturated carbocycles. The number of alkyl halides is 3. The number of hydrogen-bond donors (Lipinski definition) is 6. The first-order chi connectivity index (χ1) is 53.0. The van der Waals surface area contributed by atoms with Crippen molar-refractivity contribution < 1.29 is 69.0 Å². The van der Waals surface area contributed by atoms with Gasteiger partial charge in [-0.3, -0.25) is 0 Å². The fourth-order valence-electron chi connectivity index (χ4n) is 14.2. The van der Waals surface area contributed by atoms with Gasteiger partial charge in [0.05, 0.1) is 35.1 Å². The normalized spacial score (nSPS) is 16.3. The lowest BCUT2D eigenvalue weighted by Crippen LogP contribution is -2.37. The highest BCUT2D eigenvalue weighted by molar-refractivity contribution is 5.85. The van der Waals surface area contributed by atoms with Crippen LogP contribution in [-0.4, -0.2) is 145 Å². The molecule has 1 unspecified atom stereocenters. The number of benzene rings is 3. The SMILES string of the molecule is Cc1nc2c(F)cc(-c3nc(Nc4ccc(C(O)C5(F)CCOCC5)cn4)ncc3F)cc2n1C(C)C.Cc1nc2c(F)cc(-c3nc(Nc4ccc([C@@H](O)C5(F)CCOCC5)cn4)ncc3F)cc2n1C(C)C.Cc1nc2c(F)cc(-c3nc(Nc4ccc([C@H](O)C5(F)CCOCC5)cn4)ncc3F)cc2n1C(C)C. The molecule has 3 aliphatic heterocycles. The summed E-state index contributed by atoms with van der Waals surface area (Å²) in [6.45, 7) is 18.6. The molecule has 9 aromatic heterocycles. The van der Waals surface area contributed by atoms with Gasteiger partial charge in [0.2, 0.25) is 17.8 Å². The number of aryl methyl sites for hydroxylation is 3. The summed E-state index contributed by atoms with van der Waals surface area (Å²) in [6.07, 6.45) is 3.69. The molecule has 12 aromatic rings. The molecule has 0 bridgehead atoms. The van der Waals surface area contributed by atoms with Crippen molar-refractivity contribution in [3.05, 3.63) is 179 Å². The Morgan fingerprint density at radius 2 is 0.604 bits per heavy atom. The summed E-state index contributed by atoms with van der Waals surface area (Å²) in [5.74, 6) is -0.863. The van der Waals surface area contributed by atoms with Crippen molar-refractivity contribution in [2.24, 2.45) is 0 Å². The maximum Gasteiger partial charge on any atom is 0.229 e. The number of aliphatic hydroxyl groups is 3. The number of anilines is 6. The monoisotopic (exact) mass is 1540 g/mol. The van der Waals surface area contributed by atoms with E-state index in [1.54, 1.807) is 75.4 Å². The van der Waals surface area contributed by atoms with Crippen LogP contribution in [0, 0.1) is 55.7 Å². The average molecular weight is 1540 g/mol. The maximum atomic E-state index is 15.1. The predicted octanol–water partition coefficient (Wildman–Crippen LogP) is 16.1. The van der Waals surface area contributed by atoms with Crippen LogP contribution in [0.2, 0.25) is 0 Å². The number of imidazole rings is 3. The van der Waals surface area contributed by atoms with Gasteiger partial charge >= 0.3 is 0 Å². The van der Waals surface area contributed by atoms with Gasteiger partial charge in [-0.15, -0.1) is 0 Å². The Balaban J connectivity index is 0.000000146. The van der Waals surface area contributed by atoms with Gasteiger partial charge in [-0.25, -0.2) is 99.3 Å². The zero-order valence-corrected chi connectivity index (χ0v) is 62.0. The Kier molecular flexibility index (Phi) is 22.8.